The molecule has 2 unspecified atom stereocenters. The number of nitrogen functional groups attached to an aromatic ring is 1. The Morgan fingerprint density at radius 1 is 1.35 bits per heavy atom. The lowest BCUT2D eigenvalue weighted by atomic mass is 9.83. The van der Waals surface area contributed by atoms with E-state index in [0.29, 0.717) is 10.9 Å². The third-order valence-electron chi connectivity index (χ3n) is 4.02. The van der Waals surface area contributed by atoms with Crippen LogP contribution >= 0.6 is 11.6 Å². The molecule has 2 rings (SSSR count). The molecule has 1 aromatic carbocycles. The lowest BCUT2D eigenvalue weighted by molar-refractivity contribution is 0.282. The van der Waals surface area contributed by atoms with Crippen LogP contribution in [0.15, 0.2) is 23.1 Å². The molecule has 0 aliphatic heterocycles. The summed E-state index contributed by atoms with van der Waals surface area (Å²) in [6, 6.07) is 4.44. The van der Waals surface area contributed by atoms with Crippen molar-refractivity contribution in [2.75, 3.05) is 5.73 Å². The molecular formula is C14H21ClN2O2S. The molecule has 2 atom stereocenters. The van der Waals surface area contributed by atoms with Gasteiger partial charge in [-0.3, -0.25) is 0 Å². The third kappa shape index (κ3) is 3.45. The summed E-state index contributed by atoms with van der Waals surface area (Å²) in [5, 5.41) is 0.369. The Labute approximate surface area is 125 Å². The molecule has 112 valence electrons. The van der Waals surface area contributed by atoms with E-state index in [2.05, 4.69) is 11.6 Å². The normalized spacial score (nSPS) is 23.7. The average Bonchev–Trinajstić information content (AvgIpc) is 2.42. The Balaban J connectivity index is 2.19. The fourth-order valence-electron chi connectivity index (χ4n) is 2.81. The Bertz CT molecular complexity index is 575. The zero-order chi connectivity index (χ0) is 14.8. The van der Waals surface area contributed by atoms with Gasteiger partial charge in [0.2, 0.25) is 10.0 Å². The van der Waals surface area contributed by atoms with Gasteiger partial charge in [-0.15, -0.1) is 0 Å². The van der Waals surface area contributed by atoms with Crippen LogP contribution in [-0.2, 0) is 10.0 Å². The third-order valence-corrected chi connectivity index (χ3v) is 5.85. The van der Waals surface area contributed by atoms with Crippen molar-refractivity contribution < 1.29 is 8.42 Å². The summed E-state index contributed by atoms with van der Waals surface area (Å²) in [7, 11) is -3.53. The monoisotopic (exact) mass is 316 g/mol. The van der Waals surface area contributed by atoms with Crippen LogP contribution in [0.3, 0.4) is 0 Å². The van der Waals surface area contributed by atoms with E-state index in [9.17, 15) is 8.42 Å². The molecule has 1 aliphatic rings. The van der Waals surface area contributed by atoms with Crippen LogP contribution in [0.25, 0.3) is 0 Å². The van der Waals surface area contributed by atoms with Crippen LogP contribution < -0.4 is 10.5 Å². The lowest BCUT2D eigenvalue weighted by Gasteiger charge is -2.31. The summed E-state index contributed by atoms with van der Waals surface area (Å²) < 4.78 is 27.7. The maximum Gasteiger partial charge on any atom is 0.240 e. The van der Waals surface area contributed by atoms with E-state index in [1.807, 2.05) is 0 Å². The van der Waals surface area contributed by atoms with Crippen molar-refractivity contribution in [3.63, 3.8) is 0 Å². The first-order chi connectivity index (χ1) is 9.44. The van der Waals surface area contributed by atoms with E-state index in [-0.39, 0.29) is 16.6 Å². The molecule has 0 aromatic heterocycles. The molecule has 1 aliphatic carbocycles. The van der Waals surface area contributed by atoms with Crippen LogP contribution in [0.4, 0.5) is 5.69 Å². The number of nitrogens with two attached hydrogens (primary N) is 1. The molecule has 3 N–H and O–H groups in total. The van der Waals surface area contributed by atoms with E-state index in [0.717, 1.165) is 25.7 Å². The van der Waals surface area contributed by atoms with Gasteiger partial charge in [0, 0.05) is 6.04 Å². The Morgan fingerprint density at radius 2 is 2.05 bits per heavy atom. The first-order valence-electron chi connectivity index (χ1n) is 7.01. The number of sulfonamides is 1. The average molecular weight is 317 g/mol. The number of hydrogen-bond acceptors (Lipinski definition) is 3. The summed E-state index contributed by atoms with van der Waals surface area (Å²) in [5.74, 6) is 0.420. The number of anilines is 1. The highest BCUT2D eigenvalue weighted by atomic mass is 35.5. The molecule has 20 heavy (non-hydrogen) atoms. The van der Waals surface area contributed by atoms with E-state index in [1.54, 1.807) is 0 Å². The summed E-state index contributed by atoms with van der Waals surface area (Å²) >= 11 is 5.83. The molecule has 0 saturated heterocycles. The van der Waals surface area contributed by atoms with E-state index in [4.69, 9.17) is 17.3 Å². The van der Waals surface area contributed by atoms with Gasteiger partial charge >= 0.3 is 0 Å². The molecule has 4 nitrogen and oxygen atoms in total. The van der Waals surface area contributed by atoms with Gasteiger partial charge in [-0.1, -0.05) is 37.8 Å². The number of nitrogens with one attached hydrogen (secondary N) is 1. The molecule has 0 heterocycles. The molecular weight excluding hydrogens is 296 g/mol. The number of rotatable bonds is 4. The zero-order valence-electron chi connectivity index (χ0n) is 11.6. The second kappa shape index (κ2) is 6.33. The highest BCUT2D eigenvalue weighted by Gasteiger charge is 2.28. The van der Waals surface area contributed by atoms with E-state index < -0.39 is 10.0 Å². The topological polar surface area (TPSA) is 72.2 Å². The lowest BCUT2D eigenvalue weighted by Crippen LogP contribution is -2.41. The Hall–Kier alpha value is -0.780. The minimum atomic E-state index is -3.53. The fraction of sp³-hybridized carbons (Fsp3) is 0.571. The van der Waals surface area contributed by atoms with Crippen molar-refractivity contribution >= 4 is 27.3 Å². The number of halogens is 1. The van der Waals surface area contributed by atoms with Gasteiger partial charge in [0.1, 0.15) is 0 Å². The smallest absolute Gasteiger partial charge is 0.240 e. The van der Waals surface area contributed by atoms with Gasteiger partial charge in [-0.2, -0.15) is 0 Å². The SMILES string of the molecule is CCC1CCCCC1NS(=O)(=O)c1ccc(Cl)c(N)c1. The first kappa shape index (κ1) is 15.6. The highest BCUT2D eigenvalue weighted by Crippen LogP contribution is 2.29. The maximum atomic E-state index is 12.4. The summed E-state index contributed by atoms with van der Waals surface area (Å²) in [5.41, 5.74) is 5.96. The maximum absolute atomic E-state index is 12.4. The first-order valence-corrected chi connectivity index (χ1v) is 8.87. The summed E-state index contributed by atoms with van der Waals surface area (Å²) in [4.78, 5) is 0.180. The van der Waals surface area contributed by atoms with Crippen molar-refractivity contribution in [1.29, 1.82) is 0 Å². The minimum absolute atomic E-state index is 0.0238. The van der Waals surface area contributed by atoms with Crippen molar-refractivity contribution in [2.45, 2.75) is 50.0 Å². The van der Waals surface area contributed by atoms with Gasteiger partial charge < -0.3 is 5.73 Å². The minimum Gasteiger partial charge on any atom is -0.397 e. The Morgan fingerprint density at radius 3 is 2.70 bits per heavy atom. The predicted molar refractivity (Wildman–Crippen MR) is 82.2 cm³/mol. The molecule has 1 aromatic rings. The largest absolute Gasteiger partial charge is 0.397 e. The molecule has 6 heteroatoms. The van der Waals surface area contributed by atoms with Crippen LogP contribution in [-0.4, -0.2) is 14.5 Å². The number of hydrogen-bond donors (Lipinski definition) is 2. The van der Waals surface area contributed by atoms with Crippen molar-refractivity contribution in [3.05, 3.63) is 23.2 Å². The van der Waals surface area contributed by atoms with Crippen molar-refractivity contribution in [2.24, 2.45) is 5.92 Å². The van der Waals surface area contributed by atoms with Crippen LogP contribution in [0.1, 0.15) is 39.0 Å². The van der Waals surface area contributed by atoms with Gasteiger partial charge in [0.25, 0.3) is 0 Å². The van der Waals surface area contributed by atoms with Crippen molar-refractivity contribution in [3.8, 4) is 0 Å². The second-order valence-electron chi connectivity index (χ2n) is 5.36. The Kier molecular flexibility index (Phi) is 4.94. The van der Waals surface area contributed by atoms with Gasteiger partial charge in [0.05, 0.1) is 15.6 Å². The molecule has 1 fully saturated rings. The van der Waals surface area contributed by atoms with E-state index in [1.165, 1.54) is 24.6 Å². The fourth-order valence-corrected chi connectivity index (χ4v) is 4.30. The second-order valence-corrected chi connectivity index (χ2v) is 7.49. The van der Waals surface area contributed by atoms with Gasteiger partial charge in [-0.05, 0) is 37.0 Å². The summed E-state index contributed by atoms with van der Waals surface area (Å²) in [6.07, 6.45) is 5.25. The highest BCUT2D eigenvalue weighted by molar-refractivity contribution is 7.89. The molecule has 0 bridgehead atoms. The standard InChI is InChI=1S/C14H21ClN2O2S/c1-2-10-5-3-4-6-14(10)17-20(18,19)11-7-8-12(15)13(16)9-11/h7-10,14,17H,2-6,16H2,1H3. The molecule has 0 spiro atoms. The molecule has 0 radical (unpaired) electrons. The van der Waals surface area contributed by atoms with E-state index >= 15 is 0 Å². The van der Waals surface area contributed by atoms with Crippen LogP contribution in [0, 0.1) is 5.92 Å². The van der Waals surface area contributed by atoms with Gasteiger partial charge in [0.15, 0.2) is 0 Å². The van der Waals surface area contributed by atoms with Crippen LogP contribution in [0.2, 0.25) is 5.02 Å². The number of benzene rings is 1. The quantitative estimate of drug-likeness (QED) is 0.838. The van der Waals surface area contributed by atoms with Gasteiger partial charge in [-0.25, -0.2) is 13.1 Å². The summed E-state index contributed by atoms with van der Waals surface area (Å²) in [6.45, 7) is 2.11. The molecule has 1 saturated carbocycles. The van der Waals surface area contributed by atoms with Crippen molar-refractivity contribution in [1.82, 2.24) is 4.72 Å². The predicted octanol–water partition coefficient (Wildman–Crippen LogP) is 3.17. The van der Waals surface area contributed by atoms with Crippen LogP contribution in [0.5, 0.6) is 0 Å². The molecule has 0 amide bonds. The zero-order valence-corrected chi connectivity index (χ0v) is 13.2.